The molecule has 0 saturated heterocycles. The molecule has 24 heavy (non-hydrogen) atoms. The van der Waals surface area contributed by atoms with Crippen LogP contribution >= 0.6 is 0 Å². The standard InChI is InChI=1S/C23H19N/c1-17-7-6-8-18(15-17)16-19-9-2-3-10-20(19)21-13-14-24-23-12-5-4-11-22(21)23/h2-15H,16H2,1H3. The highest BCUT2D eigenvalue weighted by molar-refractivity contribution is 5.95. The van der Waals surface area contributed by atoms with Crippen molar-refractivity contribution in [3.8, 4) is 11.1 Å². The lowest BCUT2D eigenvalue weighted by Crippen LogP contribution is -1.94. The number of hydrogen-bond donors (Lipinski definition) is 0. The van der Waals surface area contributed by atoms with Gasteiger partial charge in [0, 0.05) is 11.6 Å². The van der Waals surface area contributed by atoms with Gasteiger partial charge in [0.25, 0.3) is 0 Å². The van der Waals surface area contributed by atoms with Crippen molar-refractivity contribution in [2.75, 3.05) is 0 Å². The van der Waals surface area contributed by atoms with Crippen molar-refractivity contribution >= 4 is 10.9 Å². The summed E-state index contributed by atoms with van der Waals surface area (Å²) in [5, 5.41) is 1.21. The Kier molecular flexibility index (Phi) is 3.84. The van der Waals surface area contributed by atoms with Gasteiger partial charge in [-0.05, 0) is 47.7 Å². The lowest BCUT2D eigenvalue weighted by atomic mass is 9.93. The summed E-state index contributed by atoms with van der Waals surface area (Å²) < 4.78 is 0. The van der Waals surface area contributed by atoms with E-state index in [9.17, 15) is 0 Å². The predicted octanol–water partition coefficient (Wildman–Crippen LogP) is 5.80. The molecule has 0 radical (unpaired) electrons. The van der Waals surface area contributed by atoms with E-state index in [1.54, 1.807) is 0 Å². The van der Waals surface area contributed by atoms with Crippen LogP contribution in [0.25, 0.3) is 22.0 Å². The van der Waals surface area contributed by atoms with E-state index in [4.69, 9.17) is 0 Å². The molecule has 0 aliphatic carbocycles. The molecular formula is C23H19N. The van der Waals surface area contributed by atoms with Gasteiger partial charge in [0.15, 0.2) is 0 Å². The molecule has 1 aromatic heterocycles. The summed E-state index contributed by atoms with van der Waals surface area (Å²) in [7, 11) is 0. The van der Waals surface area contributed by atoms with Gasteiger partial charge in [-0.3, -0.25) is 4.98 Å². The summed E-state index contributed by atoms with van der Waals surface area (Å²) in [6, 6.07) is 27.9. The van der Waals surface area contributed by atoms with E-state index >= 15 is 0 Å². The van der Waals surface area contributed by atoms with Crippen LogP contribution in [0.4, 0.5) is 0 Å². The Morgan fingerprint density at radius 2 is 1.58 bits per heavy atom. The average Bonchev–Trinajstić information content (AvgIpc) is 2.62. The zero-order valence-corrected chi connectivity index (χ0v) is 13.7. The largest absolute Gasteiger partial charge is 0.256 e. The summed E-state index contributed by atoms with van der Waals surface area (Å²) in [5.74, 6) is 0. The van der Waals surface area contributed by atoms with Gasteiger partial charge >= 0.3 is 0 Å². The highest BCUT2D eigenvalue weighted by atomic mass is 14.6. The van der Waals surface area contributed by atoms with Gasteiger partial charge in [-0.15, -0.1) is 0 Å². The maximum atomic E-state index is 4.49. The van der Waals surface area contributed by atoms with Gasteiger partial charge in [0.05, 0.1) is 5.52 Å². The maximum Gasteiger partial charge on any atom is 0.0708 e. The van der Waals surface area contributed by atoms with Gasteiger partial charge in [-0.2, -0.15) is 0 Å². The normalized spacial score (nSPS) is 10.9. The first-order chi connectivity index (χ1) is 11.8. The van der Waals surface area contributed by atoms with Crippen LogP contribution in [0, 0.1) is 6.92 Å². The molecule has 1 nitrogen and oxygen atoms in total. The minimum atomic E-state index is 0.939. The second kappa shape index (κ2) is 6.29. The van der Waals surface area contributed by atoms with Gasteiger partial charge in [0.2, 0.25) is 0 Å². The van der Waals surface area contributed by atoms with Gasteiger partial charge in [-0.25, -0.2) is 0 Å². The summed E-state index contributed by atoms with van der Waals surface area (Å²) in [4.78, 5) is 4.49. The molecule has 0 N–H and O–H groups in total. The van der Waals surface area contributed by atoms with Crippen molar-refractivity contribution in [3.63, 3.8) is 0 Å². The van der Waals surface area contributed by atoms with Crippen LogP contribution in [0.3, 0.4) is 0 Å². The topological polar surface area (TPSA) is 12.9 Å². The minimum Gasteiger partial charge on any atom is -0.256 e. The van der Waals surface area contributed by atoms with Crippen molar-refractivity contribution < 1.29 is 0 Å². The number of aryl methyl sites for hydroxylation is 1. The highest BCUT2D eigenvalue weighted by Crippen LogP contribution is 2.31. The maximum absolute atomic E-state index is 4.49. The molecule has 0 fully saturated rings. The first-order valence-electron chi connectivity index (χ1n) is 8.29. The molecule has 4 aromatic rings. The lowest BCUT2D eigenvalue weighted by Gasteiger charge is -2.12. The number of fused-ring (bicyclic) bond motifs is 1. The fourth-order valence-corrected chi connectivity index (χ4v) is 3.31. The number of benzene rings is 3. The van der Waals surface area contributed by atoms with Crippen LogP contribution in [-0.2, 0) is 6.42 Å². The van der Waals surface area contributed by atoms with Crippen molar-refractivity contribution in [3.05, 3.63) is 102 Å². The number of pyridine rings is 1. The van der Waals surface area contributed by atoms with Crippen molar-refractivity contribution in [1.29, 1.82) is 0 Å². The fraction of sp³-hybridized carbons (Fsp3) is 0.0870. The molecule has 0 spiro atoms. The number of para-hydroxylation sites is 1. The van der Waals surface area contributed by atoms with Crippen molar-refractivity contribution in [1.82, 2.24) is 4.98 Å². The third-order valence-corrected chi connectivity index (χ3v) is 4.43. The third-order valence-electron chi connectivity index (χ3n) is 4.43. The van der Waals surface area contributed by atoms with Crippen LogP contribution in [0.2, 0.25) is 0 Å². The second-order valence-corrected chi connectivity index (χ2v) is 6.20. The van der Waals surface area contributed by atoms with E-state index in [2.05, 4.69) is 84.7 Å². The van der Waals surface area contributed by atoms with E-state index < -0.39 is 0 Å². The van der Waals surface area contributed by atoms with Crippen LogP contribution in [0.5, 0.6) is 0 Å². The Morgan fingerprint density at radius 3 is 2.50 bits per heavy atom. The molecule has 1 heteroatoms. The van der Waals surface area contributed by atoms with Gasteiger partial charge < -0.3 is 0 Å². The Hall–Kier alpha value is -2.93. The lowest BCUT2D eigenvalue weighted by molar-refractivity contribution is 1.18. The molecule has 0 saturated carbocycles. The Labute approximate surface area is 142 Å². The van der Waals surface area contributed by atoms with E-state index in [0.717, 1.165) is 11.9 Å². The molecule has 0 atom stereocenters. The number of nitrogens with zero attached hydrogens (tertiary/aromatic N) is 1. The number of aromatic nitrogens is 1. The molecule has 3 aromatic carbocycles. The first-order valence-corrected chi connectivity index (χ1v) is 8.29. The molecular weight excluding hydrogens is 290 g/mol. The third kappa shape index (κ3) is 2.81. The van der Waals surface area contributed by atoms with E-state index in [-0.39, 0.29) is 0 Å². The van der Waals surface area contributed by atoms with Crippen LogP contribution < -0.4 is 0 Å². The molecule has 1 heterocycles. The summed E-state index contributed by atoms with van der Waals surface area (Å²) in [6.07, 6.45) is 2.84. The number of rotatable bonds is 3. The quantitative estimate of drug-likeness (QED) is 0.466. The van der Waals surface area contributed by atoms with E-state index in [1.807, 2.05) is 12.3 Å². The van der Waals surface area contributed by atoms with Gasteiger partial charge in [-0.1, -0.05) is 72.3 Å². The van der Waals surface area contributed by atoms with Crippen LogP contribution in [-0.4, -0.2) is 4.98 Å². The molecule has 0 unspecified atom stereocenters. The fourth-order valence-electron chi connectivity index (χ4n) is 3.31. The average molecular weight is 309 g/mol. The Balaban J connectivity index is 1.84. The molecule has 0 aliphatic rings. The Bertz CT molecular complexity index is 996. The predicted molar refractivity (Wildman–Crippen MR) is 101 cm³/mol. The second-order valence-electron chi connectivity index (χ2n) is 6.20. The van der Waals surface area contributed by atoms with E-state index in [0.29, 0.717) is 0 Å². The Morgan fingerprint density at radius 1 is 0.750 bits per heavy atom. The zero-order chi connectivity index (χ0) is 16.4. The highest BCUT2D eigenvalue weighted by Gasteiger charge is 2.09. The zero-order valence-electron chi connectivity index (χ0n) is 13.7. The molecule has 0 bridgehead atoms. The molecule has 0 amide bonds. The summed E-state index contributed by atoms with van der Waals surface area (Å²) in [6.45, 7) is 2.14. The monoisotopic (exact) mass is 309 g/mol. The summed E-state index contributed by atoms with van der Waals surface area (Å²) >= 11 is 0. The van der Waals surface area contributed by atoms with Crippen LogP contribution in [0.1, 0.15) is 16.7 Å². The van der Waals surface area contributed by atoms with Crippen molar-refractivity contribution in [2.24, 2.45) is 0 Å². The molecule has 0 aliphatic heterocycles. The molecule has 4 rings (SSSR count). The number of hydrogen-bond acceptors (Lipinski definition) is 1. The molecule has 116 valence electrons. The minimum absolute atomic E-state index is 0.939. The van der Waals surface area contributed by atoms with Gasteiger partial charge in [0.1, 0.15) is 0 Å². The smallest absolute Gasteiger partial charge is 0.0708 e. The van der Waals surface area contributed by atoms with E-state index in [1.165, 1.54) is 33.2 Å². The summed E-state index contributed by atoms with van der Waals surface area (Å²) in [5.41, 5.74) is 7.58. The SMILES string of the molecule is Cc1cccc(Cc2ccccc2-c2ccnc3ccccc23)c1. The van der Waals surface area contributed by atoms with Crippen LogP contribution in [0.15, 0.2) is 85.1 Å². The van der Waals surface area contributed by atoms with Crippen molar-refractivity contribution in [2.45, 2.75) is 13.3 Å². The first kappa shape index (κ1) is 14.6.